The standard InChI is InChI=1S/C18H18F2N2O3/c1-18(2,3)25-17(24)22-12-7-4-6-11(10-12)21-16(23)15-13(19)8-5-9-14(15)20/h4-10H,1-3H3,(H,21,23)(H,22,24). The Balaban J connectivity index is 2.11. The van der Waals surface area contributed by atoms with Gasteiger partial charge in [0.15, 0.2) is 0 Å². The third kappa shape index (κ3) is 5.27. The average molecular weight is 348 g/mol. The van der Waals surface area contributed by atoms with Crippen LogP contribution in [0.2, 0.25) is 0 Å². The topological polar surface area (TPSA) is 67.4 Å². The lowest BCUT2D eigenvalue weighted by Gasteiger charge is -2.19. The van der Waals surface area contributed by atoms with E-state index >= 15 is 0 Å². The van der Waals surface area contributed by atoms with Gasteiger partial charge >= 0.3 is 6.09 Å². The van der Waals surface area contributed by atoms with E-state index in [9.17, 15) is 18.4 Å². The van der Waals surface area contributed by atoms with Gasteiger partial charge in [-0.05, 0) is 51.1 Å². The number of benzene rings is 2. The first kappa shape index (κ1) is 18.4. The Bertz CT molecular complexity index is 781. The average Bonchev–Trinajstić information content (AvgIpc) is 2.45. The van der Waals surface area contributed by atoms with Crippen LogP contribution in [0.3, 0.4) is 0 Å². The highest BCUT2D eigenvalue weighted by atomic mass is 19.1. The van der Waals surface area contributed by atoms with E-state index in [0.29, 0.717) is 5.69 Å². The van der Waals surface area contributed by atoms with Gasteiger partial charge in [0.05, 0.1) is 0 Å². The van der Waals surface area contributed by atoms with Gasteiger partial charge in [0.2, 0.25) is 0 Å². The van der Waals surface area contributed by atoms with E-state index < -0.39 is 34.8 Å². The van der Waals surface area contributed by atoms with Crippen molar-refractivity contribution in [2.45, 2.75) is 26.4 Å². The molecule has 0 aliphatic heterocycles. The minimum Gasteiger partial charge on any atom is -0.444 e. The molecule has 2 rings (SSSR count). The molecule has 2 N–H and O–H groups in total. The zero-order chi connectivity index (χ0) is 18.6. The Labute approximate surface area is 144 Å². The number of hydrogen-bond acceptors (Lipinski definition) is 3. The van der Waals surface area contributed by atoms with Crippen LogP contribution >= 0.6 is 0 Å². The molecule has 0 aliphatic rings. The summed E-state index contributed by atoms with van der Waals surface area (Å²) in [5.74, 6) is -2.84. The lowest BCUT2D eigenvalue weighted by atomic mass is 10.1. The van der Waals surface area contributed by atoms with Crippen molar-refractivity contribution in [3.8, 4) is 0 Å². The molecule has 2 aromatic rings. The first-order valence-corrected chi connectivity index (χ1v) is 7.51. The monoisotopic (exact) mass is 348 g/mol. The summed E-state index contributed by atoms with van der Waals surface area (Å²) in [6.45, 7) is 5.19. The van der Waals surface area contributed by atoms with Crippen LogP contribution in [0.25, 0.3) is 0 Å². The molecule has 0 atom stereocenters. The van der Waals surface area contributed by atoms with Gasteiger partial charge in [-0.15, -0.1) is 0 Å². The third-order valence-corrected chi connectivity index (χ3v) is 2.96. The van der Waals surface area contributed by atoms with Crippen molar-refractivity contribution in [2.24, 2.45) is 0 Å². The van der Waals surface area contributed by atoms with Crippen LogP contribution in [0, 0.1) is 11.6 Å². The van der Waals surface area contributed by atoms with Crippen LogP contribution in [0.4, 0.5) is 25.0 Å². The summed E-state index contributed by atoms with van der Waals surface area (Å²) in [5.41, 5.74) is -0.701. The van der Waals surface area contributed by atoms with E-state index in [2.05, 4.69) is 10.6 Å². The Hall–Kier alpha value is -2.96. The van der Waals surface area contributed by atoms with Gasteiger partial charge in [-0.2, -0.15) is 0 Å². The predicted molar refractivity (Wildman–Crippen MR) is 90.6 cm³/mol. The number of anilines is 2. The highest BCUT2D eigenvalue weighted by molar-refractivity contribution is 6.05. The minimum absolute atomic E-state index is 0.265. The van der Waals surface area contributed by atoms with Gasteiger partial charge in [-0.1, -0.05) is 12.1 Å². The fourth-order valence-electron chi connectivity index (χ4n) is 2.00. The zero-order valence-corrected chi connectivity index (χ0v) is 14.0. The van der Waals surface area contributed by atoms with E-state index in [1.807, 2.05) is 0 Å². The Kier molecular flexibility index (Phi) is 5.36. The number of amides is 2. The molecule has 0 bridgehead atoms. The van der Waals surface area contributed by atoms with Crippen molar-refractivity contribution in [3.05, 3.63) is 59.7 Å². The maximum atomic E-state index is 13.6. The smallest absolute Gasteiger partial charge is 0.412 e. The zero-order valence-electron chi connectivity index (χ0n) is 14.0. The quantitative estimate of drug-likeness (QED) is 0.854. The molecule has 2 amide bonds. The molecule has 132 valence electrons. The summed E-state index contributed by atoms with van der Waals surface area (Å²) in [6, 6.07) is 9.30. The molecule has 0 saturated carbocycles. The number of hydrogen-bond donors (Lipinski definition) is 2. The molecule has 0 aliphatic carbocycles. The maximum Gasteiger partial charge on any atom is 0.412 e. The van der Waals surface area contributed by atoms with Gasteiger partial charge in [0, 0.05) is 11.4 Å². The van der Waals surface area contributed by atoms with Crippen LogP contribution in [0.1, 0.15) is 31.1 Å². The molecule has 0 heterocycles. The normalized spacial score (nSPS) is 10.9. The van der Waals surface area contributed by atoms with E-state index in [1.165, 1.54) is 18.2 Å². The van der Waals surface area contributed by atoms with Gasteiger partial charge < -0.3 is 10.1 Å². The summed E-state index contributed by atoms with van der Waals surface area (Å²) in [7, 11) is 0. The van der Waals surface area contributed by atoms with Crippen molar-refractivity contribution >= 4 is 23.4 Å². The largest absolute Gasteiger partial charge is 0.444 e. The highest BCUT2D eigenvalue weighted by Crippen LogP contribution is 2.19. The molecule has 0 radical (unpaired) electrons. The third-order valence-electron chi connectivity index (χ3n) is 2.96. The molecule has 2 aromatic carbocycles. The molecule has 0 saturated heterocycles. The van der Waals surface area contributed by atoms with Crippen molar-refractivity contribution in [1.29, 1.82) is 0 Å². The number of nitrogens with one attached hydrogen (secondary N) is 2. The lowest BCUT2D eigenvalue weighted by molar-refractivity contribution is 0.0636. The minimum atomic E-state index is -0.958. The number of halogens is 2. The first-order chi connectivity index (χ1) is 11.7. The Morgan fingerprint density at radius 1 is 0.920 bits per heavy atom. The number of rotatable bonds is 3. The predicted octanol–water partition coefficient (Wildman–Crippen LogP) is 4.56. The molecule has 7 heteroatoms. The molecular formula is C18H18F2N2O3. The summed E-state index contributed by atoms with van der Waals surface area (Å²) in [6.07, 6.45) is -0.656. The van der Waals surface area contributed by atoms with Gasteiger partial charge in [0.1, 0.15) is 22.8 Å². The van der Waals surface area contributed by atoms with E-state index in [-0.39, 0.29) is 5.69 Å². The SMILES string of the molecule is CC(C)(C)OC(=O)Nc1cccc(NC(=O)c2c(F)cccc2F)c1. The van der Waals surface area contributed by atoms with Crippen LogP contribution in [0.15, 0.2) is 42.5 Å². The Morgan fingerprint density at radius 3 is 2.00 bits per heavy atom. The summed E-state index contributed by atoms with van der Waals surface area (Å²) in [4.78, 5) is 23.8. The van der Waals surface area contributed by atoms with Crippen molar-refractivity contribution in [1.82, 2.24) is 0 Å². The summed E-state index contributed by atoms with van der Waals surface area (Å²) < 4.78 is 32.4. The van der Waals surface area contributed by atoms with E-state index in [0.717, 1.165) is 12.1 Å². The van der Waals surface area contributed by atoms with E-state index in [4.69, 9.17) is 4.74 Å². The molecular weight excluding hydrogens is 330 g/mol. The second-order valence-corrected chi connectivity index (χ2v) is 6.26. The fraction of sp³-hybridized carbons (Fsp3) is 0.222. The molecule has 5 nitrogen and oxygen atoms in total. The van der Waals surface area contributed by atoms with Crippen molar-refractivity contribution in [2.75, 3.05) is 10.6 Å². The second-order valence-electron chi connectivity index (χ2n) is 6.26. The number of carbonyl (C=O) groups is 2. The van der Waals surface area contributed by atoms with Gasteiger partial charge in [-0.25, -0.2) is 13.6 Å². The van der Waals surface area contributed by atoms with Crippen LogP contribution in [-0.4, -0.2) is 17.6 Å². The van der Waals surface area contributed by atoms with Gasteiger partial charge in [0.25, 0.3) is 5.91 Å². The number of ether oxygens (including phenoxy) is 1. The van der Waals surface area contributed by atoms with E-state index in [1.54, 1.807) is 32.9 Å². The molecule has 0 aromatic heterocycles. The first-order valence-electron chi connectivity index (χ1n) is 7.51. The van der Waals surface area contributed by atoms with Crippen LogP contribution in [0.5, 0.6) is 0 Å². The summed E-state index contributed by atoms with van der Waals surface area (Å²) in [5, 5.41) is 4.90. The summed E-state index contributed by atoms with van der Waals surface area (Å²) >= 11 is 0. The van der Waals surface area contributed by atoms with Crippen molar-refractivity contribution < 1.29 is 23.1 Å². The van der Waals surface area contributed by atoms with Crippen LogP contribution < -0.4 is 10.6 Å². The van der Waals surface area contributed by atoms with Gasteiger partial charge in [-0.3, -0.25) is 10.1 Å². The molecule has 0 unspecified atom stereocenters. The fourth-order valence-corrected chi connectivity index (χ4v) is 2.00. The maximum absolute atomic E-state index is 13.6. The number of carbonyl (C=O) groups excluding carboxylic acids is 2. The molecule has 0 fully saturated rings. The van der Waals surface area contributed by atoms with Crippen LogP contribution in [-0.2, 0) is 4.74 Å². The van der Waals surface area contributed by atoms with Crippen molar-refractivity contribution in [3.63, 3.8) is 0 Å². The molecule has 0 spiro atoms. The lowest BCUT2D eigenvalue weighted by Crippen LogP contribution is -2.27. The molecule has 25 heavy (non-hydrogen) atoms. The Morgan fingerprint density at radius 2 is 1.44 bits per heavy atom. The second kappa shape index (κ2) is 7.29. The highest BCUT2D eigenvalue weighted by Gasteiger charge is 2.18.